The lowest BCUT2D eigenvalue weighted by molar-refractivity contribution is 0.0933. The van der Waals surface area contributed by atoms with E-state index in [1.807, 2.05) is 43.3 Å². The molecular formula is C24H22FN5O. The summed E-state index contributed by atoms with van der Waals surface area (Å²) in [7, 11) is 0. The molecule has 0 aliphatic rings. The van der Waals surface area contributed by atoms with Crippen LogP contribution in [-0.4, -0.2) is 27.4 Å². The van der Waals surface area contributed by atoms with E-state index in [9.17, 15) is 9.18 Å². The van der Waals surface area contributed by atoms with Crippen molar-refractivity contribution in [1.29, 1.82) is 0 Å². The number of aryl methyl sites for hydroxylation is 1. The maximum absolute atomic E-state index is 13.2. The van der Waals surface area contributed by atoms with Crippen molar-refractivity contribution in [2.75, 3.05) is 6.54 Å². The molecule has 31 heavy (non-hydrogen) atoms. The van der Waals surface area contributed by atoms with E-state index in [4.69, 9.17) is 5.73 Å². The van der Waals surface area contributed by atoms with E-state index in [2.05, 4.69) is 20.3 Å². The van der Waals surface area contributed by atoms with Gasteiger partial charge in [0.05, 0.1) is 17.9 Å². The Morgan fingerprint density at radius 2 is 1.84 bits per heavy atom. The maximum atomic E-state index is 13.2. The summed E-state index contributed by atoms with van der Waals surface area (Å²) in [5, 5.41) is 2.94. The Kier molecular flexibility index (Phi) is 5.86. The normalized spacial score (nSPS) is 11.8. The lowest BCUT2D eigenvalue weighted by Gasteiger charge is -2.16. The van der Waals surface area contributed by atoms with Crippen LogP contribution in [0.3, 0.4) is 0 Å². The van der Waals surface area contributed by atoms with Crippen LogP contribution in [0.1, 0.15) is 27.7 Å². The zero-order valence-corrected chi connectivity index (χ0v) is 17.0. The van der Waals surface area contributed by atoms with E-state index >= 15 is 0 Å². The zero-order chi connectivity index (χ0) is 21.8. The Bertz CT molecular complexity index is 1190. The molecule has 0 fully saturated rings. The molecule has 0 spiro atoms. The first-order chi connectivity index (χ1) is 15.0. The molecule has 156 valence electrons. The van der Waals surface area contributed by atoms with E-state index in [1.165, 1.54) is 18.3 Å². The van der Waals surface area contributed by atoms with Crippen molar-refractivity contribution >= 4 is 5.91 Å². The van der Waals surface area contributed by atoms with Gasteiger partial charge in [-0.1, -0.05) is 30.3 Å². The van der Waals surface area contributed by atoms with Gasteiger partial charge in [-0.05, 0) is 48.4 Å². The average Bonchev–Trinajstić information content (AvgIpc) is 3.29. The van der Waals surface area contributed by atoms with E-state index in [-0.39, 0.29) is 24.3 Å². The molecule has 7 heteroatoms. The van der Waals surface area contributed by atoms with Crippen LogP contribution in [0.2, 0.25) is 0 Å². The number of hydrogen-bond donors (Lipinski definition) is 3. The number of nitrogens with zero attached hydrogens (tertiary/aromatic N) is 2. The number of H-pyrrole nitrogens is 1. The van der Waals surface area contributed by atoms with Crippen LogP contribution in [0.15, 0.2) is 73.1 Å². The number of imidazole rings is 1. The minimum absolute atomic E-state index is 0.279. The predicted molar refractivity (Wildman–Crippen MR) is 118 cm³/mol. The second-order valence-electron chi connectivity index (χ2n) is 7.21. The summed E-state index contributed by atoms with van der Waals surface area (Å²) in [4.78, 5) is 24.7. The van der Waals surface area contributed by atoms with Gasteiger partial charge in [-0.25, -0.2) is 9.37 Å². The van der Waals surface area contributed by atoms with Crippen LogP contribution in [0.25, 0.3) is 22.6 Å². The van der Waals surface area contributed by atoms with E-state index in [0.717, 1.165) is 22.3 Å². The Morgan fingerprint density at radius 1 is 1.10 bits per heavy atom. The van der Waals surface area contributed by atoms with Crippen LogP contribution in [0.5, 0.6) is 0 Å². The van der Waals surface area contributed by atoms with Gasteiger partial charge in [-0.15, -0.1) is 0 Å². The van der Waals surface area contributed by atoms with Gasteiger partial charge in [-0.2, -0.15) is 0 Å². The van der Waals surface area contributed by atoms with E-state index in [0.29, 0.717) is 17.2 Å². The molecular weight excluding hydrogens is 393 g/mol. The Labute approximate surface area is 179 Å². The fourth-order valence-corrected chi connectivity index (χ4v) is 3.33. The van der Waals surface area contributed by atoms with Crippen LogP contribution >= 0.6 is 0 Å². The SMILES string of the molecule is Cc1cnc(-c2ccc(F)cc2)cc1-c1ncc(C(=O)NC(CN)c2ccccc2)[nH]1. The van der Waals surface area contributed by atoms with Gasteiger partial charge in [0, 0.05) is 23.9 Å². The van der Waals surface area contributed by atoms with Crippen LogP contribution in [-0.2, 0) is 0 Å². The number of nitrogens with two attached hydrogens (primary N) is 1. The number of halogens is 1. The van der Waals surface area contributed by atoms with Crippen molar-refractivity contribution < 1.29 is 9.18 Å². The first-order valence-corrected chi connectivity index (χ1v) is 9.89. The topological polar surface area (TPSA) is 96.7 Å². The summed E-state index contributed by atoms with van der Waals surface area (Å²) < 4.78 is 13.2. The maximum Gasteiger partial charge on any atom is 0.269 e. The molecule has 1 amide bonds. The fourth-order valence-electron chi connectivity index (χ4n) is 3.33. The third kappa shape index (κ3) is 4.51. The van der Waals surface area contributed by atoms with Crippen molar-refractivity contribution in [1.82, 2.24) is 20.3 Å². The molecule has 4 N–H and O–H groups in total. The average molecular weight is 415 g/mol. The first-order valence-electron chi connectivity index (χ1n) is 9.89. The predicted octanol–water partition coefficient (Wildman–Crippen LogP) is 4.02. The summed E-state index contributed by atoms with van der Waals surface area (Å²) in [6.45, 7) is 2.19. The number of rotatable bonds is 6. The van der Waals surface area contributed by atoms with Crippen LogP contribution < -0.4 is 11.1 Å². The number of carbonyl (C=O) groups is 1. The number of amides is 1. The number of hydrogen-bond acceptors (Lipinski definition) is 4. The van der Waals surface area contributed by atoms with Crippen molar-refractivity contribution in [3.63, 3.8) is 0 Å². The summed E-state index contributed by atoms with van der Waals surface area (Å²) >= 11 is 0. The number of pyridine rings is 1. The number of aromatic amines is 1. The highest BCUT2D eigenvalue weighted by Gasteiger charge is 2.17. The zero-order valence-electron chi connectivity index (χ0n) is 17.0. The molecule has 2 aromatic carbocycles. The van der Waals surface area contributed by atoms with Crippen molar-refractivity contribution in [2.45, 2.75) is 13.0 Å². The summed E-state index contributed by atoms with van der Waals surface area (Å²) in [6.07, 6.45) is 3.23. The van der Waals surface area contributed by atoms with E-state index in [1.54, 1.807) is 18.3 Å². The lowest BCUT2D eigenvalue weighted by Crippen LogP contribution is -2.33. The molecule has 0 saturated heterocycles. The molecule has 0 radical (unpaired) electrons. The van der Waals surface area contributed by atoms with Gasteiger partial charge < -0.3 is 16.0 Å². The molecule has 0 saturated carbocycles. The standard InChI is InChI=1S/C24H22FN5O/c1-15-13-27-20(17-7-9-18(25)10-8-17)11-19(15)23-28-14-22(29-23)24(31)30-21(12-26)16-5-3-2-4-6-16/h2-11,13-14,21H,12,26H2,1H3,(H,28,29)(H,30,31). The Balaban J connectivity index is 1.57. The fraction of sp³-hybridized carbons (Fsp3) is 0.125. The molecule has 2 aromatic heterocycles. The lowest BCUT2D eigenvalue weighted by atomic mass is 10.1. The van der Waals surface area contributed by atoms with Gasteiger partial charge in [0.15, 0.2) is 0 Å². The van der Waals surface area contributed by atoms with Crippen molar-refractivity contribution in [3.8, 4) is 22.6 Å². The highest BCUT2D eigenvalue weighted by Crippen LogP contribution is 2.26. The van der Waals surface area contributed by atoms with Gasteiger partial charge in [0.2, 0.25) is 0 Å². The Morgan fingerprint density at radius 3 is 2.55 bits per heavy atom. The van der Waals surface area contributed by atoms with Gasteiger partial charge in [0.25, 0.3) is 5.91 Å². The Hall–Kier alpha value is -3.84. The molecule has 0 aliphatic heterocycles. The minimum atomic E-state index is -0.302. The summed E-state index contributed by atoms with van der Waals surface area (Å²) in [6, 6.07) is 17.3. The minimum Gasteiger partial charge on any atom is -0.343 e. The molecule has 2 heterocycles. The van der Waals surface area contributed by atoms with E-state index < -0.39 is 0 Å². The molecule has 1 unspecified atom stereocenters. The molecule has 1 atom stereocenters. The second-order valence-corrected chi connectivity index (χ2v) is 7.21. The molecule has 4 rings (SSSR count). The molecule has 4 aromatic rings. The number of benzene rings is 2. The summed E-state index contributed by atoms with van der Waals surface area (Å²) in [5.41, 5.74) is 10.3. The number of aromatic nitrogens is 3. The quantitative estimate of drug-likeness (QED) is 0.443. The monoisotopic (exact) mass is 415 g/mol. The highest BCUT2D eigenvalue weighted by molar-refractivity contribution is 5.93. The largest absolute Gasteiger partial charge is 0.343 e. The van der Waals surface area contributed by atoms with Crippen molar-refractivity contribution in [2.24, 2.45) is 5.73 Å². The van der Waals surface area contributed by atoms with Gasteiger partial charge in [-0.3, -0.25) is 9.78 Å². The third-order valence-corrected chi connectivity index (χ3v) is 5.06. The number of carbonyl (C=O) groups excluding carboxylic acids is 1. The first kappa shape index (κ1) is 20.4. The number of nitrogens with one attached hydrogen (secondary N) is 2. The molecule has 6 nitrogen and oxygen atoms in total. The van der Waals surface area contributed by atoms with Crippen molar-refractivity contribution in [3.05, 3.63) is 95.7 Å². The second kappa shape index (κ2) is 8.89. The molecule has 0 bridgehead atoms. The molecule has 0 aliphatic carbocycles. The smallest absolute Gasteiger partial charge is 0.269 e. The third-order valence-electron chi connectivity index (χ3n) is 5.06. The highest BCUT2D eigenvalue weighted by atomic mass is 19.1. The van der Waals surface area contributed by atoms with Crippen LogP contribution in [0, 0.1) is 12.7 Å². The van der Waals surface area contributed by atoms with Crippen LogP contribution in [0.4, 0.5) is 4.39 Å². The van der Waals surface area contributed by atoms with Gasteiger partial charge >= 0.3 is 0 Å². The summed E-state index contributed by atoms with van der Waals surface area (Å²) in [5.74, 6) is -0.0370. The van der Waals surface area contributed by atoms with Gasteiger partial charge in [0.1, 0.15) is 17.3 Å².